The van der Waals surface area contributed by atoms with E-state index in [1.54, 1.807) is 18.3 Å². The van der Waals surface area contributed by atoms with E-state index in [0.29, 0.717) is 5.69 Å². The van der Waals surface area contributed by atoms with Crippen molar-refractivity contribution in [3.63, 3.8) is 0 Å². The first-order valence-corrected chi connectivity index (χ1v) is 5.89. The van der Waals surface area contributed by atoms with Crippen LogP contribution in [0.4, 0.5) is 4.39 Å². The number of Topliss-reactive ketones (excluding diaryl/α,β-unsaturated/α-hetero) is 1. The van der Waals surface area contributed by atoms with Crippen LogP contribution in [0.2, 0.25) is 0 Å². The summed E-state index contributed by atoms with van der Waals surface area (Å²) in [6.07, 6.45) is 1.73. The summed E-state index contributed by atoms with van der Waals surface area (Å²) < 4.78 is 18.8. The van der Waals surface area contributed by atoms with Crippen LogP contribution in [0.25, 0.3) is 0 Å². The molecular formula is C15H14FNO2. The number of rotatable bonds is 4. The van der Waals surface area contributed by atoms with Crippen molar-refractivity contribution >= 4 is 5.78 Å². The van der Waals surface area contributed by atoms with Gasteiger partial charge < -0.3 is 4.74 Å². The van der Waals surface area contributed by atoms with Crippen LogP contribution in [0.1, 0.15) is 21.6 Å². The van der Waals surface area contributed by atoms with E-state index in [4.69, 9.17) is 4.74 Å². The molecule has 0 atom stereocenters. The van der Waals surface area contributed by atoms with Crippen molar-refractivity contribution in [2.45, 2.75) is 13.3 Å². The van der Waals surface area contributed by atoms with Crippen molar-refractivity contribution in [1.82, 2.24) is 4.98 Å². The minimum absolute atomic E-state index is 0.0209. The second-order valence-electron chi connectivity index (χ2n) is 4.24. The highest BCUT2D eigenvalue weighted by molar-refractivity contribution is 6.00. The number of hydrogen-bond donors (Lipinski definition) is 0. The van der Waals surface area contributed by atoms with Crippen LogP contribution in [0.5, 0.6) is 5.75 Å². The van der Waals surface area contributed by atoms with Gasteiger partial charge in [0.25, 0.3) is 0 Å². The minimum Gasteiger partial charge on any atom is -0.496 e. The summed E-state index contributed by atoms with van der Waals surface area (Å²) in [6.45, 7) is 1.92. The summed E-state index contributed by atoms with van der Waals surface area (Å²) in [4.78, 5) is 16.3. The number of ether oxygens (including phenoxy) is 1. The number of nitrogens with zero attached hydrogens (tertiary/aromatic N) is 1. The molecule has 0 aliphatic rings. The molecule has 3 nitrogen and oxygen atoms in total. The molecule has 2 rings (SSSR count). The van der Waals surface area contributed by atoms with E-state index >= 15 is 0 Å². The van der Waals surface area contributed by atoms with Crippen molar-refractivity contribution in [1.29, 1.82) is 0 Å². The molecule has 2 aromatic rings. The molecule has 0 saturated heterocycles. The second-order valence-corrected chi connectivity index (χ2v) is 4.24. The summed E-state index contributed by atoms with van der Waals surface area (Å²) in [6, 6.07) is 7.96. The Labute approximate surface area is 111 Å². The Kier molecular flexibility index (Phi) is 3.90. The van der Waals surface area contributed by atoms with Gasteiger partial charge in [-0.1, -0.05) is 12.1 Å². The van der Waals surface area contributed by atoms with Gasteiger partial charge in [0.2, 0.25) is 0 Å². The maximum absolute atomic E-state index is 13.7. The lowest BCUT2D eigenvalue weighted by Gasteiger charge is -2.08. The third-order valence-electron chi connectivity index (χ3n) is 2.79. The number of aromatic nitrogens is 1. The van der Waals surface area contributed by atoms with E-state index < -0.39 is 5.82 Å². The maximum atomic E-state index is 13.7. The van der Waals surface area contributed by atoms with Gasteiger partial charge in [0.15, 0.2) is 5.78 Å². The van der Waals surface area contributed by atoms with Crippen molar-refractivity contribution in [2.75, 3.05) is 7.11 Å². The fraction of sp³-hybridized carbons (Fsp3) is 0.200. The quantitative estimate of drug-likeness (QED) is 0.792. The molecule has 0 radical (unpaired) electrons. The molecule has 0 spiro atoms. The lowest BCUT2D eigenvalue weighted by molar-refractivity contribution is 0.0985. The third-order valence-corrected chi connectivity index (χ3v) is 2.79. The first-order chi connectivity index (χ1) is 9.11. The van der Waals surface area contributed by atoms with E-state index in [9.17, 15) is 9.18 Å². The largest absolute Gasteiger partial charge is 0.496 e. The molecule has 0 aliphatic carbocycles. The third kappa shape index (κ3) is 2.96. The number of pyridine rings is 1. The lowest BCUT2D eigenvalue weighted by atomic mass is 10.0. The Morgan fingerprint density at radius 1 is 1.32 bits per heavy atom. The minimum atomic E-state index is -0.573. The number of hydrogen-bond acceptors (Lipinski definition) is 3. The fourth-order valence-corrected chi connectivity index (χ4v) is 1.80. The van der Waals surface area contributed by atoms with Crippen molar-refractivity contribution in [3.8, 4) is 5.75 Å². The lowest BCUT2D eigenvalue weighted by Crippen LogP contribution is -2.09. The molecule has 0 fully saturated rings. The zero-order chi connectivity index (χ0) is 13.8. The van der Waals surface area contributed by atoms with Crippen LogP contribution < -0.4 is 4.74 Å². The number of methoxy groups -OCH3 is 1. The van der Waals surface area contributed by atoms with E-state index in [1.165, 1.54) is 19.2 Å². The number of ketones is 1. The fourth-order valence-electron chi connectivity index (χ4n) is 1.80. The van der Waals surface area contributed by atoms with Crippen molar-refractivity contribution in [2.24, 2.45) is 0 Å². The summed E-state index contributed by atoms with van der Waals surface area (Å²) in [5, 5.41) is 0. The molecule has 0 N–H and O–H groups in total. The zero-order valence-corrected chi connectivity index (χ0v) is 10.8. The van der Waals surface area contributed by atoms with Gasteiger partial charge in [-0.2, -0.15) is 0 Å². The van der Waals surface area contributed by atoms with E-state index in [0.717, 1.165) is 5.56 Å². The Bertz CT molecular complexity index is 594. The molecule has 0 saturated carbocycles. The average molecular weight is 259 g/mol. The Morgan fingerprint density at radius 2 is 2.11 bits per heavy atom. The normalized spacial score (nSPS) is 10.3. The van der Waals surface area contributed by atoms with Crippen LogP contribution in [0.15, 0.2) is 36.5 Å². The van der Waals surface area contributed by atoms with Gasteiger partial charge in [-0.05, 0) is 30.7 Å². The van der Waals surface area contributed by atoms with Crippen molar-refractivity contribution in [3.05, 3.63) is 59.2 Å². The predicted molar refractivity (Wildman–Crippen MR) is 70.0 cm³/mol. The number of carbonyl (C=O) groups excluding carboxylic acids is 1. The van der Waals surface area contributed by atoms with Crippen molar-refractivity contribution < 1.29 is 13.9 Å². The predicted octanol–water partition coefficient (Wildman–Crippen LogP) is 2.96. The van der Waals surface area contributed by atoms with E-state index in [1.807, 2.05) is 13.0 Å². The highest BCUT2D eigenvalue weighted by Gasteiger charge is 2.18. The monoisotopic (exact) mass is 259 g/mol. The van der Waals surface area contributed by atoms with Crippen LogP contribution in [-0.4, -0.2) is 17.9 Å². The van der Waals surface area contributed by atoms with Gasteiger partial charge in [-0.15, -0.1) is 0 Å². The SMILES string of the molecule is COc1cccc(F)c1C(=O)Cc1ccc(C)cn1. The molecule has 0 bridgehead atoms. The van der Waals surface area contributed by atoms with Crippen LogP contribution >= 0.6 is 0 Å². The van der Waals surface area contributed by atoms with Crippen LogP contribution in [-0.2, 0) is 6.42 Å². The van der Waals surface area contributed by atoms with Gasteiger partial charge in [0, 0.05) is 11.9 Å². The molecule has 1 aromatic heterocycles. The summed E-state index contributed by atoms with van der Waals surface area (Å²) >= 11 is 0. The van der Waals surface area contributed by atoms with Gasteiger partial charge >= 0.3 is 0 Å². The molecule has 0 aliphatic heterocycles. The molecule has 19 heavy (non-hydrogen) atoms. The molecule has 0 amide bonds. The first-order valence-electron chi connectivity index (χ1n) is 5.89. The number of benzene rings is 1. The number of carbonyl (C=O) groups is 1. The molecule has 98 valence electrons. The molecule has 4 heteroatoms. The molecule has 1 heterocycles. The number of aryl methyl sites for hydroxylation is 1. The molecule has 0 unspecified atom stereocenters. The van der Waals surface area contributed by atoms with Gasteiger partial charge in [0.05, 0.1) is 19.1 Å². The van der Waals surface area contributed by atoms with Gasteiger partial charge in [-0.25, -0.2) is 4.39 Å². The zero-order valence-electron chi connectivity index (χ0n) is 10.8. The van der Waals surface area contributed by atoms with Crippen LogP contribution in [0, 0.1) is 12.7 Å². The highest BCUT2D eigenvalue weighted by Crippen LogP contribution is 2.22. The van der Waals surface area contributed by atoms with E-state index in [2.05, 4.69) is 4.98 Å². The van der Waals surface area contributed by atoms with Gasteiger partial charge in [-0.3, -0.25) is 9.78 Å². The van der Waals surface area contributed by atoms with Gasteiger partial charge in [0.1, 0.15) is 11.6 Å². The summed E-state index contributed by atoms with van der Waals surface area (Å²) in [5.41, 5.74) is 1.60. The standard InChI is InChI=1S/C15H14FNO2/c1-10-6-7-11(17-9-10)8-13(18)15-12(16)4-3-5-14(15)19-2/h3-7,9H,8H2,1-2H3. The second kappa shape index (κ2) is 5.61. The summed E-state index contributed by atoms with van der Waals surface area (Å²) in [5.74, 6) is -0.667. The average Bonchev–Trinajstić information content (AvgIpc) is 2.40. The molecular weight excluding hydrogens is 245 g/mol. The van der Waals surface area contributed by atoms with Crippen LogP contribution in [0.3, 0.4) is 0 Å². The highest BCUT2D eigenvalue weighted by atomic mass is 19.1. The molecule has 1 aromatic carbocycles. The Balaban J connectivity index is 2.27. The maximum Gasteiger partial charge on any atom is 0.175 e. The first kappa shape index (κ1) is 13.2. The smallest absolute Gasteiger partial charge is 0.175 e. The summed E-state index contributed by atoms with van der Waals surface area (Å²) in [7, 11) is 1.41. The topological polar surface area (TPSA) is 39.2 Å². The number of halogens is 1. The van der Waals surface area contributed by atoms with E-state index in [-0.39, 0.29) is 23.5 Å². The Hall–Kier alpha value is -2.23. The Morgan fingerprint density at radius 3 is 2.74 bits per heavy atom.